The van der Waals surface area contributed by atoms with E-state index in [0.29, 0.717) is 12.5 Å². The molecule has 0 fully saturated rings. The summed E-state index contributed by atoms with van der Waals surface area (Å²) in [7, 11) is -4.43. The Labute approximate surface area is 90.2 Å². The predicted molar refractivity (Wildman–Crippen MR) is 66.2 cm³/mol. The Morgan fingerprint density at radius 2 is 1.14 bits per heavy atom. The molecule has 85 valence electrons. The maximum atomic E-state index is 11.3. The highest BCUT2D eigenvalue weighted by Gasteiger charge is 2.19. The standard InChI is InChI=1S/C8H22O3PSi2/c1-13(2,3)7-10-12(9)11-8-14(4,5)6/h7-8H2,1-6H3. The molecule has 0 spiro atoms. The molecule has 0 saturated heterocycles. The first-order chi connectivity index (χ1) is 6.10. The van der Waals surface area contributed by atoms with Gasteiger partial charge in [-0.2, -0.15) is 0 Å². The molecule has 0 atom stereocenters. The first-order valence-electron chi connectivity index (χ1n) is 4.83. The monoisotopic (exact) mass is 253 g/mol. The Morgan fingerprint density at radius 3 is 1.36 bits per heavy atom. The van der Waals surface area contributed by atoms with Gasteiger partial charge in [-0.1, -0.05) is 39.3 Å². The van der Waals surface area contributed by atoms with E-state index in [2.05, 4.69) is 39.3 Å². The van der Waals surface area contributed by atoms with Crippen LogP contribution in [0, 0.1) is 0 Å². The second-order valence-corrected chi connectivity index (χ2v) is 17.7. The molecule has 14 heavy (non-hydrogen) atoms. The van der Waals surface area contributed by atoms with Gasteiger partial charge in [-0.15, -0.1) is 0 Å². The quantitative estimate of drug-likeness (QED) is 0.537. The third-order valence-electron chi connectivity index (χ3n) is 1.21. The Bertz CT molecular complexity index is 176. The van der Waals surface area contributed by atoms with Crippen LogP contribution >= 0.6 is 8.25 Å². The van der Waals surface area contributed by atoms with Gasteiger partial charge in [0.15, 0.2) is 0 Å². The Balaban J connectivity index is 3.68. The van der Waals surface area contributed by atoms with Crippen LogP contribution in [-0.4, -0.2) is 28.6 Å². The van der Waals surface area contributed by atoms with Crippen LogP contribution < -0.4 is 0 Å². The zero-order valence-electron chi connectivity index (χ0n) is 10.1. The van der Waals surface area contributed by atoms with Gasteiger partial charge in [0.1, 0.15) is 0 Å². The predicted octanol–water partition coefficient (Wildman–Crippen LogP) is 3.43. The van der Waals surface area contributed by atoms with Gasteiger partial charge in [-0.25, -0.2) is 4.57 Å². The first-order valence-corrected chi connectivity index (χ1v) is 13.3. The van der Waals surface area contributed by atoms with Crippen molar-refractivity contribution in [1.29, 1.82) is 0 Å². The Kier molecular flexibility index (Phi) is 5.69. The number of hydrogen-bond acceptors (Lipinski definition) is 3. The zero-order valence-corrected chi connectivity index (χ0v) is 13.0. The lowest BCUT2D eigenvalue weighted by molar-refractivity contribution is 0.273. The molecule has 0 unspecified atom stereocenters. The topological polar surface area (TPSA) is 35.5 Å². The zero-order chi connectivity index (χ0) is 11.4. The summed E-state index contributed by atoms with van der Waals surface area (Å²) in [6, 6.07) is 0. The molecule has 0 saturated carbocycles. The van der Waals surface area contributed by atoms with Crippen molar-refractivity contribution in [2.45, 2.75) is 39.3 Å². The highest BCUT2D eigenvalue weighted by molar-refractivity contribution is 7.33. The van der Waals surface area contributed by atoms with Crippen molar-refractivity contribution in [3.05, 3.63) is 0 Å². The Hall–Kier alpha value is 0.454. The summed E-state index contributed by atoms with van der Waals surface area (Å²) in [6.45, 7) is 13.1. The van der Waals surface area contributed by atoms with Crippen molar-refractivity contribution in [3.63, 3.8) is 0 Å². The molecule has 0 bridgehead atoms. The van der Waals surface area contributed by atoms with E-state index in [1.807, 2.05) is 0 Å². The third-order valence-corrected chi connectivity index (χ3v) is 4.39. The minimum absolute atomic E-state index is 0.605. The van der Waals surface area contributed by atoms with Crippen LogP contribution in [0.25, 0.3) is 0 Å². The van der Waals surface area contributed by atoms with E-state index in [0.717, 1.165) is 0 Å². The summed E-state index contributed by atoms with van der Waals surface area (Å²) in [4.78, 5) is 0. The van der Waals surface area contributed by atoms with Gasteiger partial charge in [-0.05, 0) is 0 Å². The van der Waals surface area contributed by atoms with Gasteiger partial charge >= 0.3 is 8.25 Å². The lowest BCUT2D eigenvalue weighted by Gasteiger charge is -2.17. The van der Waals surface area contributed by atoms with Gasteiger partial charge in [0, 0.05) is 0 Å². The maximum Gasteiger partial charge on any atom is 0.368 e. The Morgan fingerprint density at radius 1 is 0.857 bits per heavy atom. The molecule has 0 aromatic carbocycles. The summed E-state index contributed by atoms with van der Waals surface area (Å²) in [5.41, 5.74) is 0. The lowest BCUT2D eigenvalue weighted by atomic mass is 11.7. The molecule has 0 aromatic rings. The molecule has 0 N–H and O–H groups in total. The fourth-order valence-corrected chi connectivity index (χ4v) is 4.55. The second-order valence-electron chi connectivity index (χ2n) is 5.89. The third kappa shape index (κ3) is 10.5. The normalized spacial score (nSPS) is 13.0. The molecule has 0 rings (SSSR count). The highest BCUT2D eigenvalue weighted by atomic mass is 31.1. The molecule has 0 aliphatic rings. The largest absolute Gasteiger partial charge is 0.368 e. The molecular weight excluding hydrogens is 231 g/mol. The average molecular weight is 253 g/mol. The van der Waals surface area contributed by atoms with Crippen LogP contribution in [0.3, 0.4) is 0 Å². The first kappa shape index (κ1) is 14.5. The van der Waals surface area contributed by atoms with Gasteiger partial charge in [0.25, 0.3) is 0 Å². The van der Waals surface area contributed by atoms with E-state index in [9.17, 15) is 4.57 Å². The summed E-state index contributed by atoms with van der Waals surface area (Å²) < 4.78 is 21.6. The fourth-order valence-electron chi connectivity index (χ4n) is 0.530. The van der Waals surface area contributed by atoms with Crippen molar-refractivity contribution in [2.24, 2.45) is 0 Å². The van der Waals surface area contributed by atoms with Gasteiger partial charge < -0.3 is 0 Å². The number of hydrogen-bond donors (Lipinski definition) is 0. The van der Waals surface area contributed by atoms with Crippen molar-refractivity contribution < 1.29 is 13.6 Å². The van der Waals surface area contributed by atoms with E-state index in [1.54, 1.807) is 0 Å². The van der Waals surface area contributed by atoms with Crippen LogP contribution in [-0.2, 0) is 13.6 Å². The minimum Gasteiger partial charge on any atom is -0.286 e. The fraction of sp³-hybridized carbons (Fsp3) is 1.00. The SMILES string of the molecule is C[Si](C)(C)CO[P](=O)OC[Si](C)(C)C. The molecule has 0 aliphatic heterocycles. The number of rotatable bonds is 6. The van der Waals surface area contributed by atoms with Crippen LogP contribution in [0.5, 0.6) is 0 Å². The van der Waals surface area contributed by atoms with E-state index in [-0.39, 0.29) is 0 Å². The van der Waals surface area contributed by atoms with Crippen LogP contribution in [0.15, 0.2) is 0 Å². The second kappa shape index (κ2) is 5.51. The van der Waals surface area contributed by atoms with Gasteiger partial charge in [0.05, 0.1) is 28.6 Å². The van der Waals surface area contributed by atoms with Gasteiger partial charge in [0.2, 0.25) is 0 Å². The minimum atomic E-state index is -1.89. The molecular formula is C8H22O3PSi2. The van der Waals surface area contributed by atoms with Crippen LogP contribution in [0.2, 0.25) is 39.3 Å². The maximum absolute atomic E-state index is 11.3. The summed E-state index contributed by atoms with van der Waals surface area (Å²) in [6.07, 6.45) is 1.21. The molecule has 0 aromatic heterocycles. The summed E-state index contributed by atoms with van der Waals surface area (Å²) in [5, 5.41) is 0. The summed E-state index contributed by atoms with van der Waals surface area (Å²) in [5.74, 6) is 0. The smallest absolute Gasteiger partial charge is 0.286 e. The van der Waals surface area contributed by atoms with Crippen molar-refractivity contribution >= 4 is 24.4 Å². The molecule has 3 nitrogen and oxygen atoms in total. The van der Waals surface area contributed by atoms with E-state index in [4.69, 9.17) is 9.05 Å². The molecule has 0 aliphatic carbocycles. The molecule has 6 heteroatoms. The van der Waals surface area contributed by atoms with Crippen LogP contribution in [0.4, 0.5) is 0 Å². The van der Waals surface area contributed by atoms with Crippen LogP contribution in [0.1, 0.15) is 0 Å². The molecule has 0 amide bonds. The van der Waals surface area contributed by atoms with Gasteiger partial charge in [-0.3, -0.25) is 9.05 Å². The van der Waals surface area contributed by atoms with E-state index >= 15 is 0 Å². The average Bonchev–Trinajstić information content (AvgIpc) is 1.94. The van der Waals surface area contributed by atoms with E-state index in [1.165, 1.54) is 0 Å². The highest BCUT2D eigenvalue weighted by Crippen LogP contribution is 2.26. The van der Waals surface area contributed by atoms with Crippen molar-refractivity contribution in [3.8, 4) is 0 Å². The lowest BCUT2D eigenvalue weighted by Crippen LogP contribution is -2.28. The molecule has 1 radical (unpaired) electrons. The summed E-state index contributed by atoms with van der Waals surface area (Å²) >= 11 is 0. The van der Waals surface area contributed by atoms with Crippen molar-refractivity contribution in [1.82, 2.24) is 0 Å². The van der Waals surface area contributed by atoms with E-state index < -0.39 is 24.4 Å². The van der Waals surface area contributed by atoms with Crippen molar-refractivity contribution in [2.75, 3.05) is 12.5 Å². The molecule has 0 heterocycles.